The highest BCUT2D eigenvalue weighted by Crippen LogP contribution is 2.32. The van der Waals surface area contributed by atoms with Gasteiger partial charge in [-0.25, -0.2) is 4.98 Å². The van der Waals surface area contributed by atoms with Crippen LogP contribution in [0.2, 0.25) is 0 Å². The van der Waals surface area contributed by atoms with Gasteiger partial charge in [-0.3, -0.25) is 9.59 Å². The molecule has 5 nitrogen and oxygen atoms in total. The molecule has 4 rings (SSSR count). The van der Waals surface area contributed by atoms with Gasteiger partial charge in [-0.2, -0.15) is 0 Å². The lowest BCUT2D eigenvalue weighted by Crippen LogP contribution is -2.34. The van der Waals surface area contributed by atoms with Crippen LogP contribution in [-0.4, -0.2) is 40.8 Å². The van der Waals surface area contributed by atoms with Crippen LogP contribution in [-0.2, 0) is 28.9 Å². The van der Waals surface area contributed by atoms with E-state index in [2.05, 4.69) is 5.32 Å². The van der Waals surface area contributed by atoms with E-state index in [4.69, 9.17) is 4.98 Å². The second-order valence-electron chi connectivity index (χ2n) is 6.90. The molecule has 23 heavy (non-hydrogen) atoms. The molecular formula is C17H23N3O2S. The fourth-order valence-electron chi connectivity index (χ4n) is 3.60. The van der Waals surface area contributed by atoms with Crippen LogP contribution in [0.15, 0.2) is 0 Å². The van der Waals surface area contributed by atoms with Crippen LogP contribution in [0.3, 0.4) is 0 Å². The third-order valence-electron chi connectivity index (χ3n) is 5.04. The van der Waals surface area contributed by atoms with E-state index >= 15 is 0 Å². The van der Waals surface area contributed by atoms with E-state index in [9.17, 15) is 9.59 Å². The van der Waals surface area contributed by atoms with Crippen molar-refractivity contribution < 1.29 is 9.59 Å². The maximum absolute atomic E-state index is 12.3. The van der Waals surface area contributed by atoms with Crippen molar-refractivity contribution in [2.75, 3.05) is 13.1 Å². The Balaban J connectivity index is 1.25. The minimum absolute atomic E-state index is 0.0304. The number of hydrogen-bond donors (Lipinski definition) is 1. The number of carbonyl (C=O) groups excluding carboxylic acids is 2. The molecule has 2 amide bonds. The van der Waals surface area contributed by atoms with E-state index in [0.29, 0.717) is 25.6 Å². The first kappa shape index (κ1) is 15.1. The predicted octanol–water partition coefficient (Wildman–Crippen LogP) is 1.69. The summed E-state index contributed by atoms with van der Waals surface area (Å²) >= 11 is 1.81. The minimum atomic E-state index is -0.160. The molecule has 1 saturated carbocycles. The second-order valence-corrected chi connectivity index (χ2v) is 8.07. The zero-order valence-corrected chi connectivity index (χ0v) is 14.2. The monoisotopic (exact) mass is 333 g/mol. The maximum Gasteiger partial charge on any atom is 0.225 e. The summed E-state index contributed by atoms with van der Waals surface area (Å²) in [5.74, 6) is 0.0238. The minimum Gasteiger partial charge on any atom is -0.355 e. The highest BCUT2D eigenvalue weighted by atomic mass is 32.1. The van der Waals surface area contributed by atoms with E-state index in [0.717, 1.165) is 30.7 Å². The summed E-state index contributed by atoms with van der Waals surface area (Å²) < 4.78 is 0. The van der Waals surface area contributed by atoms with Crippen molar-refractivity contribution in [3.8, 4) is 0 Å². The molecule has 1 saturated heterocycles. The van der Waals surface area contributed by atoms with Gasteiger partial charge in [0.2, 0.25) is 11.8 Å². The molecule has 6 heteroatoms. The average molecular weight is 333 g/mol. The number of thiazole rings is 1. The number of aryl methyl sites for hydroxylation is 2. The number of nitrogens with zero attached hydrogens (tertiary/aromatic N) is 2. The molecule has 2 heterocycles. The lowest BCUT2D eigenvalue weighted by Gasteiger charge is -2.15. The van der Waals surface area contributed by atoms with Crippen molar-refractivity contribution in [3.63, 3.8) is 0 Å². The second kappa shape index (κ2) is 6.23. The van der Waals surface area contributed by atoms with Crippen LogP contribution >= 0.6 is 11.3 Å². The average Bonchev–Trinajstić information content (AvgIpc) is 3.18. The summed E-state index contributed by atoms with van der Waals surface area (Å²) in [5.41, 5.74) is 1.28. The van der Waals surface area contributed by atoms with E-state index in [1.165, 1.54) is 29.8 Å². The van der Waals surface area contributed by atoms with Crippen molar-refractivity contribution in [2.45, 2.75) is 57.4 Å². The first-order valence-corrected chi connectivity index (χ1v) is 9.57. The zero-order chi connectivity index (χ0) is 15.8. The molecule has 1 aromatic heterocycles. The number of amides is 2. The number of hydrogen-bond acceptors (Lipinski definition) is 4. The summed E-state index contributed by atoms with van der Waals surface area (Å²) in [5, 5.41) is 4.14. The van der Waals surface area contributed by atoms with Crippen molar-refractivity contribution in [1.82, 2.24) is 15.2 Å². The molecule has 2 fully saturated rings. The van der Waals surface area contributed by atoms with Gasteiger partial charge >= 0.3 is 0 Å². The van der Waals surface area contributed by atoms with Crippen molar-refractivity contribution >= 4 is 23.2 Å². The van der Waals surface area contributed by atoms with E-state index in [-0.39, 0.29) is 17.7 Å². The Morgan fingerprint density at radius 1 is 1.30 bits per heavy atom. The molecule has 0 spiro atoms. The molecular weight excluding hydrogens is 310 g/mol. The summed E-state index contributed by atoms with van der Waals surface area (Å²) in [6, 6.07) is 0.418. The molecule has 2 aliphatic carbocycles. The highest BCUT2D eigenvalue weighted by Gasteiger charge is 2.41. The summed E-state index contributed by atoms with van der Waals surface area (Å²) in [6.45, 7) is 1.24. The van der Waals surface area contributed by atoms with Gasteiger partial charge < -0.3 is 10.2 Å². The predicted molar refractivity (Wildman–Crippen MR) is 88.3 cm³/mol. The molecule has 0 aromatic carbocycles. The molecule has 1 N–H and O–H groups in total. The lowest BCUT2D eigenvalue weighted by molar-refractivity contribution is -0.129. The fraction of sp³-hybridized carbons (Fsp3) is 0.706. The topological polar surface area (TPSA) is 62.3 Å². The third kappa shape index (κ3) is 3.27. The van der Waals surface area contributed by atoms with E-state index < -0.39 is 0 Å². The van der Waals surface area contributed by atoms with Crippen LogP contribution in [0.25, 0.3) is 0 Å². The quantitative estimate of drug-likeness (QED) is 0.892. The largest absolute Gasteiger partial charge is 0.355 e. The smallest absolute Gasteiger partial charge is 0.225 e. The normalized spacial score (nSPS) is 23.9. The number of likely N-dealkylation sites (tertiary alicyclic amines) is 1. The van der Waals surface area contributed by atoms with Crippen LogP contribution in [0.5, 0.6) is 0 Å². The summed E-state index contributed by atoms with van der Waals surface area (Å²) in [6.07, 6.45) is 8.20. The van der Waals surface area contributed by atoms with Gasteiger partial charge in [-0.15, -0.1) is 11.3 Å². The maximum atomic E-state index is 12.3. The molecule has 3 aliphatic rings. The first-order chi connectivity index (χ1) is 11.2. The molecule has 0 bridgehead atoms. The highest BCUT2D eigenvalue weighted by molar-refractivity contribution is 7.11. The summed E-state index contributed by atoms with van der Waals surface area (Å²) in [7, 11) is 0. The Morgan fingerprint density at radius 3 is 2.91 bits per heavy atom. The van der Waals surface area contributed by atoms with Crippen LogP contribution in [0.1, 0.15) is 47.7 Å². The SMILES string of the molecule is O=C(NCCc1nc2c(s1)CCCC2)[C@@H]1CC(=O)N(C2CC2)C1. The van der Waals surface area contributed by atoms with Crippen LogP contribution in [0.4, 0.5) is 0 Å². The molecule has 1 atom stereocenters. The Hall–Kier alpha value is -1.43. The Kier molecular flexibility index (Phi) is 4.09. The van der Waals surface area contributed by atoms with Gasteiger partial charge in [-0.1, -0.05) is 0 Å². The van der Waals surface area contributed by atoms with Crippen molar-refractivity contribution in [2.24, 2.45) is 5.92 Å². The van der Waals surface area contributed by atoms with Gasteiger partial charge in [-0.05, 0) is 38.5 Å². The molecule has 124 valence electrons. The van der Waals surface area contributed by atoms with Crippen LogP contribution < -0.4 is 5.32 Å². The van der Waals surface area contributed by atoms with Gasteiger partial charge in [0.15, 0.2) is 0 Å². The lowest BCUT2D eigenvalue weighted by atomic mass is 10.0. The number of fused-ring (bicyclic) bond motifs is 1. The number of rotatable bonds is 5. The molecule has 0 radical (unpaired) electrons. The first-order valence-electron chi connectivity index (χ1n) is 8.75. The zero-order valence-electron chi connectivity index (χ0n) is 13.3. The number of nitrogens with one attached hydrogen (secondary N) is 1. The number of carbonyl (C=O) groups is 2. The van der Waals surface area contributed by atoms with Gasteiger partial charge in [0.05, 0.1) is 16.6 Å². The van der Waals surface area contributed by atoms with Crippen molar-refractivity contribution in [1.29, 1.82) is 0 Å². The van der Waals surface area contributed by atoms with E-state index in [1.54, 1.807) is 0 Å². The number of aromatic nitrogens is 1. The summed E-state index contributed by atoms with van der Waals surface area (Å²) in [4.78, 5) is 32.2. The molecule has 1 aliphatic heterocycles. The van der Waals surface area contributed by atoms with Crippen LogP contribution in [0, 0.1) is 5.92 Å². The van der Waals surface area contributed by atoms with E-state index in [1.807, 2.05) is 16.2 Å². The van der Waals surface area contributed by atoms with Gasteiger partial charge in [0.25, 0.3) is 0 Å². The molecule has 1 aromatic rings. The van der Waals surface area contributed by atoms with Crippen molar-refractivity contribution in [3.05, 3.63) is 15.6 Å². The Bertz CT molecular complexity index is 600. The third-order valence-corrected chi connectivity index (χ3v) is 6.26. The standard InChI is InChI=1S/C17H23N3O2S/c21-16-9-11(10-20(16)12-5-6-12)17(22)18-8-7-15-19-13-3-1-2-4-14(13)23-15/h11-12H,1-10H2,(H,18,22)/t11-/m1/s1. The van der Waals surface area contributed by atoms with Gasteiger partial charge in [0, 0.05) is 36.9 Å². The fourth-order valence-corrected chi connectivity index (χ4v) is 4.75. The van der Waals surface area contributed by atoms with Gasteiger partial charge in [0.1, 0.15) is 0 Å². The Morgan fingerprint density at radius 2 is 2.13 bits per heavy atom. The molecule has 0 unspecified atom stereocenters. The Labute approximate surface area is 140 Å².